The standard InChI is InChI=1S/C20H21BrN2O2S/c1-4-5-6-13-7-8-16-17(10-13)26-20(22-16)23-19(24)15-11-14(21)9-12(2)18(15)25-3/h7-11H,4-6H2,1-3H3,(H,22,23,24). The summed E-state index contributed by atoms with van der Waals surface area (Å²) in [6.07, 6.45) is 3.42. The molecular weight excluding hydrogens is 412 g/mol. The van der Waals surface area contributed by atoms with E-state index in [1.807, 2.05) is 19.1 Å². The van der Waals surface area contributed by atoms with Gasteiger partial charge in [0.25, 0.3) is 5.91 Å². The number of carbonyl (C=O) groups is 1. The smallest absolute Gasteiger partial charge is 0.261 e. The molecule has 0 aliphatic carbocycles. The number of methoxy groups -OCH3 is 1. The average molecular weight is 433 g/mol. The van der Waals surface area contributed by atoms with Crippen molar-refractivity contribution in [3.05, 3.63) is 51.5 Å². The fourth-order valence-electron chi connectivity index (χ4n) is 2.89. The van der Waals surface area contributed by atoms with Crippen LogP contribution in [0.1, 0.15) is 41.3 Å². The molecule has 6 heteroatoms. The third-order valence-electron chi connectivity index (χ3n) is 4.18. The maximum atomic E-state index is 12.7. The number of thiazole rings is 1. The Morgan fingerprint density at radius 3 is 2.85 bits per heavy atom. The summed E-state index contributed by atoms with van der Waals surface area (Å²) in [5.41, 5.74) is 3.60. The Hall–Kier alpha value is -1.92. The molecule has 0 atom stereocenters. The fourth-order valence-corrected chi connectivity index (χ4v) is 4.39. The number of unbranched alkanes of at least 4 members (excludes halogenated alkanes) is 1. The highest BCUT2D eigenvalue weighted by Gasteiger charge is 2.17. The van der Waals surface area contributed by atoms with Crippen molar-refractivity contribution >= 4 is 48.5 Å². The molecule has 0 unspecified atom stereocenters. The summed E-state index contributed by atoms with van der Waals surface area (Å²) in [6.45, 7) is 4.10. The summed E-state index contributed by atoms with van der Waals surface area (Å²) in [5.74, 6) is 0.352. The van der Waals surface area contributed by atoms with Crippen LogP contribution in [0, 0.1) is 6.92 Å². The van der Waals surface area contributed by atoms with E-state index >= 15 is 0 Å². The number of hydrogen-bond donors (Lipinski definition) is 1. The molecule has 1 N–H and O–H groups in total. The summed E-state index contributed by atoms with van der Waals surface area (Å²) < 4.78 is 7.33. The van der Waals surface area contributed by atoms with E-state index in [4.69, 9.17) is 4.74 Å². The van der Waals surface area contributed by atoms with E-state index in [1.165, 1.54) is 29.7 Å². The van der Waals surface area contributed by atoms with Crippen LogP contribution < -0.4 is 10.1 Å². The van der Waals surface area contributed by atoms with E-state index < -0.39 is 0 Å². The number of halogens is 1. The molecule has 3 aromatic rings. The molecule has 0 radical (unpaired) electrons. The number of rotatable bonds is 6. The first-order valence-electron chi connectivity index (χ1n) is 8.56. The van der Waals surface area contributed by atoms with E-state index in [-0.39, 0.29) is 5.91 Å². The lowest BCUT2D eigenvalue weighted by atomic mass is 10.1. The Labute approximate surface area is 165 Å². The van der Waals surface area contributed by atoms with Gasteiger partial charge in [-0.25, -0.2) is 4.98 Å². The minimum atomic E-state index is -0.225. The lowest BCUT2D eigenvalue weighted by molar-refractivity contribution is 0.102. The lowest BCUT2D eigenvalue weighted by Gasteiger charge is -2.11. The minimum Gasteiger partial charge on any atom is -0.496 e. The summed E-state index contributed by atoms with van der Waals surface area (Å²) in [7, 11) is 1.57. The van der Waals surface area contributed by atoms with Crippen molar-refractivity contribution in [2.75, 3.05) is 12.4 Å². The number of nitrogens with one attached hydrogen (secondary N) is 1. The lowest BCUT2D eigenvalue weighted by Crippen LogP contribution is -2.13. The molecule has 1 heterocycles. The Bertz CT molecular complexity index is 952. The molecule has 26 heavy (non-hydrogen) atoms. The molecule has 0 fully saturated rings. The van der Waals surface area contributed by atoms with Crippen LogP contribution in [0.15, 0.2) is 34.8 Å². The van der Waals surface area contributed by atoms with Crippen molar-refractivity contribution in [3.8, 4) is 5.75 Å². The van der Waals surface area contributed by atoms with Gasteiger partial charge in [0.2, 0.25) is 0 Å². The number of fused-ring (bicyclic) bond motifs is 1. The largest absolute Gasteiger partial charge is 0.496 e. The molecule has 2 aromatic carbocycles. The molecule has 3 rings (SSSR count). The van der Waals surface area contributed by atoms with Crippen molar-refractivity contribution in [3.63, 3.8) is 0 Å². The van der Waals surface area contributed by atoms with E-state index in [2.05, 4.69) is 45.3 Å². The topological polar surface area (TPSA) is 51.2 Å². The van der Waals surface area contributed by atoms with Crippen LogP contribution in [-0.4, -0.2) is 18.0 Å². The average Bonchev–Trinajstić information content (AvgIpc) is 3.00. The van der Waals surface area contributed by atoms with E-state index in [9.17, 15) is 4.79 Å². The third kappa shape index (κ3) is 4.07. The van der Waals surface area contributed by atoms with Crippen LogP contribution in [0.5, 0.6) is 5.75 Å². The first kappa shape index (κ1) is 18.9. The number of ether oxygens (including phenoxy) is 1. The van der Waals surface area contributed by atoms with Crippen molar-refractivity contribution in [1.82, 2.24) is 4.98 Å². The van der Waals surface area contributed by atoms with Gasteiger partial charge >= 0.3 is 0 Å². The molecule has 0 aliphatic rings. The second-order valence-electron chi connectivity index (χ2n) is 6.18. The number of nitrogens with zero attached hydrogens (tertiary/aromatic N) is 1. The number of aromatic nitrogens is 1. The summed E-state index contributed by atoms with van der Waals surface area (Å²) in [4.78, 5) is 17.3. The predicted molar refractivity (Wildman–Crippen MR) is 112 cm³/mol. The number of amides is 1. The number of anilines is 1. The van der Waals surface area contributed by atoms with Gasteiger partial charge < -0.3 is 4.74 Å². The van der Waals surface area contributed by atoms with Gasteiger partial charge in [-0.3, -0.25) is 10.1 Å². The van der Waals surface area contributed by atoms with Crippen LogP contribution in [0.2, 0.25) is 0 Å². The molecule has 0 bridgehead atoms. The number of carbonyl (C=O) groups excluding carboxylic acids is 1. The van der Waals surface area contributed by atoms with Gasteiger partial charge in [-0.15, -0.1) is 0 Å². The number of benzene rings is 2. The quantitative estimate of drug-likeness (QED) is 0.521. The van der Waals surface area contributed by atoms with E-state index in [0.717, 1.165) is 26.7 Å². The van der Waals surface area contributed by atoms with Gasteiger partial charge in [-0.1, -0.05) is 46.7 Å². The van der Waals surface area contributed by atoms with Crippen molar-refractivity contribution in [2.45, 2.75) is 33.1 Å². The Balaban J connectivity index is 1.86. The number of hydrogen-bond acceptors (Lipinski definition) is 4. The minimum absolute atomic E-state index is 0.225. The highest BCUT2D eigenvalue weighted by atomic mass is 79.9. The van der Waals surface area contributed by atoms with Gasteiger partial charge in [0.15, 0.2) is 5.13 Å². The molecule has 0 saturated heterocycles. The maximum Gasteiger partial charge on any atom is 0.261 e. The van der Waals surface area contributed by atoms with Crippen LogP contribution in [0.25, 0.3) is 10.2 Å². The molecule has 1 aromatic heterocycles. The Morgan fingerprint density at radius 1 is 1.31 bits per heavy atom. The van der Waals surface area contributed by atoms with E-state index in [0.29, 0.717) is 16.4 Å². The molecule has 0 spiro atoms. The fraction of sp³-hybridized carbons (Fsp3) is 0.300. The molecule has 0 aliphatic heterocycles. The van der Waals surface area contributed by atoms with Gasteiger partial charge in [-0.2, -0.15) is 0 Å². The Morgan fingerprint density at radius 2 is 2.12 bits per heavy atom. The zero-order chi connectivity index (χ0) is 18.7. The summed E-state index contributed by atoms with van der Waals surface area (Å²) >= 11 is 4.93. The predicted octanol–water partition coefficient (Wildman–Crippen LogP) is 5.97. The molecule has 4 nitrogen and oxygen atoms in total. The maximum absolute atomic E-state index is 12.7. The zero-order valence-electron chi connectivity index (χ0n) is 15.1. The second-order valence-corrected chi connectivity index (χ2v) is 8.13. The molecular formula is C20H21BrN2O2S. The van der Waals surface area contributed by atoms with E-state index in [1.54, 1.807) is 13.2 Å². The Kier molecular flexibility index (Phi) is 5.94. The zero-order valence-corrected chi connectivity index (χ0v) is 17.5. The molecule has 136 valence electrons. The molecule has 0 saturated carbocycles. The van der Waals surface area contributed by atoms with Gasteiger partial charge in [0.05, 0.1) is 22.9 Å². The first-order valence-corrected chi connectivity index (χ1v) is 10.2. The normalized spacial score (nSPS) is 10.9. The van der Waals surface area contributed by atoms with Crippen molar-refractivity contribution in [1.29, 1.82) is 0 Å². The van der Waals surface area contributed by atoms with Crippen LogP contribution in [0.4, 0.5) is 5.13 Å². The summed E-state index contributed by atoms with van der Waals surface area (Å²) in [6, 6.07) is 9.99. The second kappa shape index (κ2) is 8.18. The highest BCUT2D eigenvalue weighted by molar-refractivity contribution is 9.10. The summed E-state index contributed by atoms with van der Waals surface area (Å²) in [5, 5.41) is 3.50. The highest BCUT2D eigenvalue weighted by Crippen LogP contribution is 2.31. The SMILES string of the molecule is CCCCc1ccc2nc(NC(=O)c3cc(Br)cc(C)c3OC)sc2c1. The van der Waals surface area contributed by atoms with Crippen molar-refractivity contribution < 1.29 is 9.53 Å². The number of aryl methyl sites for hydroxylation is 2. The van der Waals surface area contributed by atoms with Gasteiger partial charge in [0, 0.05) is 4.47 Å². The van der Waals surface area contributed by atoms with Crippen LogP contribution in [0.3, 0.4) is 0 Å². The van der Waals surface area contributed by atoms with Crippen LogP contribution in [-0.2, 0) is 6.42 Å². The van der Waals surface area contributed by atoms with Crippen molar-refractivity contribution in [2.24, 2.45) is 0 Å². The van der Waals surface area contributed by atoms with Gasteiger partial charge in [-0.05, 0) is 55.2 Å². The van der Waals surface area contributed by atoms with Gasteiger partial charge in [0.1, 0.15) is 5.75 Å². The first-order chi connectivity index (χ1) is 12.5. The molecule has 1 amide bonds. The third-order valence-corrected chi connectivity index (χ3v) is 5.57. The van der Waals surface area contributed by atoms with Crippen LogP contribution >= 0.6 is 27.3 Å². The monoisotopic (exact) mass is 432 g/mol.